The van der Waals surface area contributed by atoms with Crippen molar-refractivity contribution in [3.05, 3.63) is 15.7 Å². The Morgan fingerprint density at radius 1 is 1.62 bits per heavy atom. The summed E-state index contributed by atoms with van der Waals surface area (Å²) in [6.07, 6.45) is 0. The van der Waals surface area contributed by atoms with Crippen molar-refractivity contribution < 1.29 is 4.52 Å². The van der Waals surface area contributed by atoms with Crippen molar-refractivity contribution in [3.63, 3.8) is 0 Å². The van der Waals surface area contributed by atoms with Crippen molar-refractivity contribution >= 4 is 39.1 Å². The van der Waals surface area contributed by atoms with Crippen LogP contribution in [0.15, 0.2) is 14.4 Å². The van der Waals surface area contributed by atoms with Crippen LogP contribution in [-0.4, -0.2) is 14.5 Å². The molecule has 0 aliphatic carbocycles. The topological polar surface area (TPSA) is 51.8 Å². The van der Waals surface area contributed by atoms with Gasteiger partial charge in [-0.1, -0.05) is 5.16 Å². The van der Waals surface area contributed by atoms with E-state index in [-0.39, 0.29) is 5.88 Å². The van der Waals surface area contributed by atoms with Crippen LogP contribution >= 0.6 is 39.1 Å². The molecule has 0 bridgehead atoms. The molecule has 68 valence electrons. The van der Waals surface area contributed by atoms with E-state index in [9.17, 15) is 0 Å². The summed E-state index contributed by atoms with van der Waals surface area (Å²) in [5.74, 6) is 1.10. The minimum atomic E-state index is 0.241. The lowest BCUT2D eigenvalue weighted by Gasteiger charge is -1.84. The van der Waals surface area contributed by atoms with Gasteiger partial charge in [0.25, 0.3) is 5.89 Å². The van der Waals surface area contributed by atoms with E-state index in [0.717, 1.165) is 4.47 Å². The highest BCUT2D eigenvalue weighted by Gasteiger charge is 2.13. The van der Waals surface area contributed by atoms with Gasteiger partial charge in [-0.15, -0.1) is 11.6 Å². The van der Waals surface area contributed by atoms with Crippen molar-refractivity contribution in [2.45, 2.75) is 5.88 Å². The molecule has 7 heteroatoms. The first-order valence-electron chi connectivity index (χ1n) is 3.30. The van der Waals surface area contributed by atoms with E-state index in [1.54, 1.807) is 0 Å². The first kappa shape index (κ1) is 9.11. The van der Waals surface area contributed by atoms with Crippen LogP contribution in [0.1, 0.15) is 5.82 Å². The number of alkyl halides is 1. The zero-order valence-electron chi connectivity index (χ0n) is 6.20. The first-order chi connectivity index (χ1) is 6.31. The van der Waals surface area contributed by atoms with Gasteiger partial charge in [-0.2, -0.15) is 9.36 Å². The highest BCUT2D eigenvalue weighted by molar-refractivity contribution is 9.10. The number of aromatic nitrogens is 3. The number of rotatable bonds is 2. The third-order valence-corrected chi connectivity index (χ3v) is 3.09. The maximum absolute atomic E-state index is 5.53. The van der Waals surface area contributed by atoms with E-state index in [2.05, 4.69) is 30.4 Å². The lowest BCUT2D eigenvalue weighted by Crippen LogP contribution is -1.80. The third-order valence-electron chi connectivity index (χ3n) is 1.32. The quantitative estimate of drug-likeness (QED) is 0.794. The molecule has 13 heavy (non-hydrogen) atoms. The van der Waals surface area contributed by atoms with Gasteiger partial charge >= 0.3 is 0 Å². The van der Waals surface area contributed by atoms with Crippen LogP contribution < -0.4 is 0 Å². The van der Waals surface area contributed by atoms with Crippen LogP contribution in [0, 0.1) is 0 Å². The summed E-state index contributed by atoms with van der Waals surface area (Å²) in [7, 11) is 0. The van der Waals surface area contributed by atoms with Gasteiger partial charge in [0.15, 0.2) is 11.5 Å². The lowest BCUT2D eigenvalue weighted by atomic mass is 10.4. The third kappa shape index (κ3) is 1.74. The maximum Gasteiger partial charge on any atom is 0.278 e. The smallest absolute Gasteiger partial charge is 0.278 e. The molecule has 2 heterocycles. The standard InChI is InChI=1S/C6H3BrClN3OS/c7-3-2-13-11-5(3)6-9-4(1-8)10-12-6/h2H,1H2. The van der Waals surface area contributed by atoms with Gasteiger partial charge in [-0.05, 0) is 27.5 Å². The number of halogens is 2. The molecule has 0 aromatic carbocycles. The van der Waals surface area contributed by atoms with Crippen LogP contribution in [0.25, 0.3) is 11.6 Å². The van der Waals surface area contributed by atoms with E-state index in [4.69, 9.17) is 16.1 Å². The van der Waals surface area contributed by atoms with Gasteiger partial charge in [0, 0.05) is 5.38 Å². The Hall–Kier alpha value is -0.460. The summed E-state index contributed by atoms with van der Waals surface area (Å²) < 4.78 is 9.89. The molecule has 0 spiro atoms. The van der Waals surface area contributed by atoms with E-state index >= 15 is 0 Å². The number of hydrogen-bond acceptors (Lipinski definition) is 5. The Bertz CT molecular complexity index is 415. The molecule has 2 aromatic rings. The van der Waals surface area contributed by atoms with E-state index < -0.39 is 0 Å². The monoisotopic (exact) mass is 279 g/mol. The first-order valence-corrected chi connectivity index (χ1v) is 5.46. The fraction of sp³-hybridized carbons (Fsp3) is 0.167. The van der Waals surface area contributed by atoms with Crippen molar-refractivity contribution in [1.29, 1.82) is 0 Å². The Morgan fingerprint density at radius 3 is 3.00 bits per heavy atom. The average molecular weight is 281 g/mol. The fourth-order valence-electron chi connectivity index (χ4n) is 0.770. The van der Waals surface area contributed by atoms with Gasteiger partial charge < -0.3 is 4.52 Å². The van der Waals surface area contributed by atoms with Crippen LogP contribution in [0.2, 0.25) is 0 Å². The highest BCUT2D eigenvalue weighted by Crippen LogP contribution is 2.27. The van der Waals surface area contributed by atoms with Crippen LogP contribution in [0.5, 0.6) is 0 Å². The van der Waals surface area contributed by atoms with E-state index in [1.165, 1.54) is 11.5 Å². The molecule has 2 aromatic heterocycles. The lowest BCUT2D eigenvalue weighted by molar-refractivity contribution is 0.424. The number of hydrogen-bond donors (Lipinski definition) is 0. The summed E-state index contributed by atoms with van der Waals surface area (Å²) in [6.45, 7) is 0. The van der Waals surface area contributed by atoms with Crippen molar-refractivity contribution in [2.24, 2.45) is 0 Å². The van der Waals surface area contributed by atoms with Crippen molar-refractivity contribution in [2.75, 3.05) is 0 Å². The molecule has 4 nitrogen and oxygen atoms in total. The summed E-state index contributed by atoms with van der Waals surface area (Å²) in [5.41, 5.74) is 0.661. The van der Waals surface area contributed by atoms with Gasteiger partial charge in [0.2, 0.25) is 0 Å². The fourth-order valence-corrected chi connectivity index (χ4v) is 2.04. The van der Waals surface area contributed by atoms with E-state index in [1.807, 2.05) is 5.38 Å². The van der Waals surface area contributed by atoms with Gasteiger partial charge in [0.1, 0.15) is 0 Å². The second-order valence-corrected chi connectivity index (χ2v) is 3.91. The Kier molecular flexibility index (Phi) is 2.61. The molecule has 0 aliphatic rings. The van der Waals surface area contributed by atoms with Gasteiger partial charge in [-0.3, -0.25) is 0 Å². The Labute approximate surface area is 91.2 Å². The molecule has 0 atom stereocenters. The molecule has 0 radical (unpaired) electrons. The Balaban J connectivity index is 2.41. The Morgan fingerprint density at radius 2 is 2.46 bits per heavy atom. The predicted octanol–water partition coefficient (Wildman–Crippen LogP) is 2.69. The largest absolute Gasteiger partial charge is 0.332 e. The zero-order valence-corrected chi connectivity index (χ0v) is 9.36. The highest BCUT2D eigenvalue weighted by atomic mass is 79.9. The van der Waals surface area contributed by atoms with Gasteiger partial charge in [-0.25, -0.2) is 0 Å². The zero-order chi connectivity index (χ0) is 9.26. The number of nitrogens with zero attached hydrogens (tertiary/aromatic N) is 3. The predicted molar refractivity (Wildman–Crippen MR) is 52.7 cm³/mol. The second-order valence-electron chi connectivity index (χ2n) is 2.16. The molecular weight excluding hydrogens is 278 g/mol. The normalized spacial score (nSPS) is 10.6. The summed E-state index contributed by atoms with van der Waals surface area (Å²) in [6, 6.07) is 0. The van der Waals surface area contributed by atoms with Gasteiger partial charge in [0.05, 0.1) is 10.4 Å². The summed E-state index contributed by atoms with van der Waals surface area (Å²) in [4.78, 5) is 4.04. The molecule has 0 amide bonds. The van der Waals surface area contributed by atoms with Crippen LogP contribution in [-0.2, 0) is 5.88 Å². The second kappa shape index (κ2) is 3.73. The minimum Gasteiger partial charge on any atom is -0.332 e. The molecule has 0 saturated carbocycles. The molecule has 0 aliphatic heterocycles. The van der Waals surface area contributed by atoms with Crippen LogP contribution in [0.4, 0.5) is 0 Å². The van der Waals surface area contributed by atoms with Crippen molar-refractivity contribution in [1.82, 2.24) is 14.5 Å². The SMILES string of the molecule is ClCc1noc(-c2nscc2Br)n1. The minimum absolute atomic E-state index is 0.241. The van der Waals surface area contributed by atoms with Crippen LogP contribution in [0.3, 0.4) is 0 Å². The summed E-state index contributed by atoms with van der Waals surface area (Å²) >= 11 is 10.2. The molecular formula is C6H3BrClN3OS. The molecule has 0 saturated heterocycles. The molecule has 2 rings (SSSR count). The van der Waals surface area contributed by atoms with E-state index in [0.29, 0.717) is 17.4 Å². The molecule has 0 unspecified atom stereocenters. The summed E-state index contributed by atoms with van der Waals surface area (Å²) in [5, 5.41) is 5.50. The average Bonchev–Trinajstić information content (AvgIpc) is 2.71. The van der Waals surface area contributed by atoms with Crippen molar-refractivity contribution in [3.8, 4) is 11.6 Å². The molecule has 0 fully saturated rings. The maximum atomic E-state index is 5.53. The molecule has 0 N–H and O–H groups in total.